The Morgan fingerprint density at radius 2 is 1.38 bits per heavy atom. The minimum atomic E-state index is -6.17. The predicted molar refractivity (Wildman–Crippen MR) is 98.6 cm³/mol. The van der Waals surface area contributed by atoms with E-state index in [1.807, 2.05) is 0 Å². The first-order valence-corrected chi connectivity index (χ1v) is 11.4. The summed E-state index contributed by atoms with van der Waals surface area (Å²) in [7, 11) is -6.17. The Morgan fingerprint density at radius 1 is 0.966 bits per heavy atom. The summed E-state index contributed by atoms with van der Waals surface area (Å²) < 4.78 is 68.7. The fourth-order valence-electron chi connectivity index (χ4n) is 1.75. The molecule has 0 aliphatic heterocycles. The number of esters is 2. The van der Waals surface area contributed by atoms with Crippen molar-refractivity contribution >= 4 is 50.2 Å². The summed E-state index contributed by atoms with van der Waals surface area (Å²) >= 11 is -0.888. The number of ether oxygens (including phenoxy) is 2. The number of benzene rings is 2. The molecule has 29 heavy (non-hydrogen) atoms. The van der Waals surface area contributed by atoms with Crippen molar-refractivity contribution in [3.05, 3.63) is 60.7 Å². The van der Waals surface area contributed by atoms with Crippen molar-refractivity contribution in [3.63, 3.8) is 0 Å². The zero-order chi connectivity index (χ0) is 21.8. The summed E-state index contributed by atoms with van der Waals surface area (Å²) in [6.07, 6.45) is 0. The fraction of sp³-hybridized carbons (Fsp3) is 0.111. The summed E-state index contributed by atoms with van der Waals surface area (Å²) in [4.78, 5) is 22.7. The van der Waals surface area contributed by atoms with Gasteiger partial charge >= 0.3 is 175 Å². The van der Waals surface area contributed by atoms with Crippen molar-refractivity contribution in [2.45, 2.75) is 12.2 Å². The molecule has 0 spiro atoms. The monoisotopic (exact) mass is 541 g/mol. The Labute approximate surface area is 175 Å². The van der Waals surface area contributed by atoms with Gasteiger partial charge in [-0.05, 0) is 0 Å². The molecule has 0 aliphatic rings. The molecule has 0 aliphatic carbocycles. The van der Waals surface area contributed by atoms with E-state index in [1.165, 1.54) is 31.2 Å². The average Bonchev–Trinajstić information content (AvgIpc) is 2.63. The van der Waals surface area contributed by atoms with E-state index in [-0.39, 0.29) is 11.3 Å². The summed E-state index contributed by atoms with van der Waals surface area (Å²) in [5, 5.41) is -5.17. The molecule has 0 unspecified atom stereocenters. The molecule has 2 aromatic rings. The van der Waals surface area contributed by atoms with Gasteiger partial charge in [-0.3, -0.25) is 0 Å². The van der Waals surface area contributed by atoms with Gasteiger partial charge in [0.15, 0.2) is 0 Å². The standard InChI is InChI=1S/C18H14F2O7STe/c1-11(2)16(21)26-12-3-7-14(8-4-12)29-15-9-5-13(6-10-15)27-17(22)18(19,20)28(23,24)25/h3-10H,1H2,2H3,(H,23,24,25)/p-1. The van der Waals surface area contributed by atoms with Gasteiger partial charge in [0.2, 0.25) is 0 Å². The third kappa shape index (κ3) is 6.08. The summed E-state index contributed by atoms with van der Waals surface area (Å²) in [6, 6.07) is 12.3. The van der Waals surface area contributed by atoms with Crippen LogP contribution in [0.25, 0.3) is 0 Å². The van der Waals surface area contributed by atoms with Gasteiger partial charge < -0.3 is 0 Å². The Balaban J connectivity index is 2.01. The zero-order valence-electron chi connectivity index (χ0n) is 14.8. The molecule has 2 aromatic carbocycles. The molecule has 0 saturated carbocycles. The Morgan fingerprint density at radius 3 is 1.76 bits per heavy atom. The molecule has 0 atom stereocenters. The number of carbonyl (C=O) groups excluding carboxylic acids is 2. The van der Waals surface area contributed by atoms with E-state index in [2.05, 4.69) is 11.3 Å². The van der Waals surface area contributed by atoms with Crippen molar-refractivity contribution < 1.29 is 40.8 Å². The molecule has 0 bridgehead atoms. The number of hydrogen-bond acceptors (Lipinski definition) is 7. The molecule has 11 heteroatoms. The topological polar surface area (TPSA) is 110 Å². The third-order valence-electron chi connectivity index (χ3n) is 3.20. The number of carbonyl (C=O) groups is 2. The number of alkyl halides is 2. The van der Waals surface area contributed by atoms with Gasteiger partial charge in [0.1, 0.15) is 0 Å². The minimum absolute atomic E-state index is 0.272. The van der Waals surface area contributed by atoms with Gasteiger partial charge in [-0.2, -0.15) is 0 Å². The van der Waals surface area contributed by atoms with Crippen molar-refractivity contribution in [1.82, 2.24) is 0 Å². The van der Waals surface area contributed by atoms with Crippen LogP contribution in [0.3, 0.4) is 0 Å². The molecule has 0 aromatic heterocycles. The Kier molecular flexibility index (Phi) is 7.13. The van der Waals surface area contributed by atoms with Gasteiger partial charge in [0.25, 0.3) is 0 Å². The van der Waals surface area contributed by atoms with Crippen LogP contribution in [0, 0.1) is 0 Å². The summed E-state index contributed by atoms with van der Waals surface area (Å²) in [5.41, 5.74) is 0.272. The molecular weight excluding hydrogens is 526 g/mol. The Bertz CT molecular complexity index is 1030. The molecule has 0 heterocycles. The molecule has 0 N–H and O–H groups in total. The fourth-order valence-corrected chi connectivity index (χ4v) is 4.33. The van der Waals surface area contributed by atoms with Crippen molar-refractivity contribution in [3.8, 4) is 11.5 Å². The number of hydrogen-bond donors (Lipinski definition) is 0. The molecule has 2 rings (SSSR count). The van der Waals surface area contributed by atoms with Crippen LogP contribution in [-0.4, -0.2) is 51.1 Å². The molecule has 154 valence electrons. The normalized spacial score (nSPS) is 11.6. The van der Waals surface area contributed by atoms with E-state index in [4.69, 9.17) is 4.74 Å². The maximum absolute atomic E-state index is 13.1. The first-order chi connectivity index (χ1) is 13.4. The van der Waals surface area contributed by atoms with Crippen LogP contribution in [-0.2, 0) is 19.7 Å². The average molecular weight is 539 g/mol. The van der Waals surface area contributed by atoms with E-state index >= 15 is 0 Å². The molecule has 0 saturated heterocycles. The van der Waals surface area contributed by atoms with Gasteiger partial charge in [0.05, 0.1) is 0 Å². The van der Waals surface area contributed by atoms with Gasteiger partial charge in [-0.1, -0.05) is 0 Å². The van der Waals surface area contributed by atoms with Gasteiger partial charge in [-0.15, -0.1) is 0 Å². The van der Waals surface area contributed by atoms with Crippen LogP contribution in [0.4, 0.5) is 8.78 Å². The van der Waals surface area contributed by atoms with Crippen LogP contribution in [0.2, 0.25) is 0 Å². The number of halogens is 2. The first-order valence-electron chi connectivity index (χ1n) is 7.71. The van der Waals surface area contributed by atoms with Crippen LogP contribution in [0.5, 0.6) is 11.5 Å². The molecule has 0 amide bonds. The first kappa shape index (κ1) is 23.0. The second kappa shape index (κ2) is 9.00. The van der Waals surface area contributed by atoms with E-state index in [0.29, 0.717) is 5.75 Å². The second-order valence-corrected chi connectivity index (χ2v) is 10.3. The quantitative estimate of drug-likeness (QED) is 0.169. The van der Waals surface area contributed by atoms with Crippen LogP contribution < -0.4 is 16.7 Å². The number of rotatable bonds is 7. The van der Waals surface area contributed by atoms with Gasteiger partial charge in [0, 0.05) is 0 Å². The van der Waals surface area contributed by atoms with Crippen molar-refractivity contribution in [2.24, 2.45) is 0 Å². The molecule has 0 fully saturated rings. The third-order valence-corrected chi connectivity index (χ3v) is 6.90. The zero-order valence-corrected chi connectivity index (χ0v) is 17.9. The Hall–Kier alpha value is -2.32. The molecular formula is C18H13F2O7STe-. The van der Waals surface area contributed by atoms with Crippen LogP contribution >= 0.6 is 0 Å². The van der Waals surface area contributed by atoms with E-state index in [9.17, 15) is 31.3 Å². The summed E-state index contributed by atoms with van der Waals surface area (Å²) in [5.74, 6) is -2.95. The van der Waals surface area contributed by atoms with Crippen LogP contribution in [0.15, 0.2) is 60.7 Å². The second-order valence-electron chi connectivity index (χ2n) is 5.58. The SMILES string of the molecule is C=C(C)C(=O)Oc1ccc([Te]c2ccc(OC(=O)C(F)(F)S(=O)(=O)[O-])cc2)cc1. The van der Waals surface area contributed by atoms with Gasteiger partial charge in [-0.25, -0.2) is 0 Å². The van der Waals surface area contributed by atoms with Crippen molar-refractivity contribution in [1.29, 1.82) is 0 Å². The molecule has 0 radical (unpaired) electrons. The van der Waals surface area contributed by atoms with E-state index < -0.39 is 48.2 Å². The van der Waals surface area contributed by atoms with Crippen LogP contribution in [0.1, 0.15) is 6.92 Å². The summed E-state index contributed by atoms with van der Waals surface area (Å²) in [6.45, 7) is 5.02. The molecule has 7 nitrogen and oxygen atoms in total. The maximum atomic E-state index is 13.1. The van der Waals surface area contributed by atoms with Crippen molar-refractivity contribution in [2.75, 3.05) is 0 Å². The van der Waals surface area contributed by atoms with E-state index in [0.717, 1.165) is 7.22 Å². The predicted octanol–water partition coefficient (Wildman–Crippen LogP) is 0.866. The van der Waals surface area contributed by atoms with E-state index in [1.54, 1.807) is 24.3 Å².